The van der Waals surface area contributed by atoms with Gasteiger partial charge in [-0.25, -0.2) is 0 Å². The van der Waals surface area contributed by atoms with Crippen LogP contribution in [0.15, 0.2) is 66.7 Å². The van der Waals surface area contributed by atoms with Gasteiger partial charge in [-0.1, -0.05) is 24.3 Å². The van der Waals surface area contributed by atoms with Crippen molar-refractivity contribution in [3.63, 3.8) is 0 Å². The maximum atomic E-state index is 13.3. The molecule has 2 saturated heterocycles. The molecular weight excluding hydrogens is 721 g/mol. The molecule has 0 bridgehead atoms. The van der Waals surface area contributed by atoms with Crippen molar-refractivity contribution in [2.75, 3.05) is 51.3 Å². The number of imide groups is 1. The van der Waals surface area contributed by atoms with Gasteiger partial charge in [0.1, 0.15) is 24.1 Å². The molecule has 4 N–H and O–H groups in total. The molecule has 2 atom stereocenters. The van der Waals surface area contributed by atoms with Crippen LogP contribution in [0.25, 0.3) is 0 Å². The third kappa shape index (κ3) is 12.0. The van der Waals surface area contributed by atoms with Crippen LogP contribution in [0.4, 0.5) is 18.9 Å². The summed E-state index contributed by atoms with van der Waals surface area (Å²) in [5.74, 6) is -1.02. The van der Waals surface area contributed by atoms with Crippen LogP contribution in [0.1, 0.15) is 48.4 Å². The molecule has 13 nitrogen and oxygen atoms in total. The maximum Gasteiger partial charge on any atom is 0.417 e. The van der Waals surface area contributed by atoms with Gasteiger partial charge in [0.25, 0.3) is 5.91 Å². The van der Waals surface area contributed by atoms with Gasteiger partial charge in [0.2, 0.25) is 17.7 Å². The topological polar surface area (TPSA) is 173 Å². The van der Waals surface area contributed by atoms with Crippen molar-refractivity contribution in [1.29, 1.82) is 5.26 Å². The van der Waals surface area contributed by atoms with Crippen LogP contribution in [0, 0.1) is 11.3 Å². The Morgan fingerprint density at radius 1 is 0.964 bits per heavy atom. The number of rotatable bonds is 15. The zero-order chi connectivity index (χ0) is 39.6. The quantitative estimate of drug-likeness (QED) is 0.133. The van der Waals surface area contributed by atoms with E-state index in [-0.39, 0.29) is 36.8 Å². The van der Waals surface area contributed by atoms with Gasteiger partial charge in [-0.2, -0.15) is 18.4 Å². The summed E-state index contributed by atoms with van der Waals surface area (Å²) in [5, 5.41) is 26.8. The van der Waals surface area contributed by atoms with Crippen molar-refractivity contribution < 1.29 is 46.9 Å². The molecule has 2 aliphatic rings. The van der Waals surface area contributed by atoms with Crippen molar-refractivity contribution in [2.24, 2.45) is 0 Å². The van der Waals surface area contributed by atoms with E-state index < -0.39 is 47.4 Å². The van der Waals surface area contributed by atoms with Gasteiger partial charge >= 0.3 is 6.18 Å². The average Bonchev–Trinajstić information content (AvgIpc) is 3.14. The standard InChI is InChI=1S/C39H43F3N6O7/c1-38(53,37(52)44-29-9-8-28(23-43)32(22-29)39(40,41)42)25-55-30-10-6-26(7-11-30)24-48-17-15-47(16-18-48)14-3-19-54-31-5-2-4-27(20-31)21-35(50)45-33-12-13-34(49)46-36(33)51/h2,4-11,20,22,33,53H,3,12-19,21,24-25H2,1H3,(H,44,52)(H,45,50)(H,46,49,51)/t33-,38?/m0/s1. The van der Waals surface area contributed by atoms with Gasteiger partial charge < -0.3 is 30.1 Å². The molecule has 3 aromatic carbocycles. The van der Waals surface area contributed by atoms with E-state index in [1.54, 1.807) is 12.1 Å². The van der Waals surface area contributed by atoms with E-state index in [2.05, 4.69) is 25.8 Å². The summed E-state index contributed by atoms with van der Waals surface area (Å²) in [6, 6.07) is 18.0. The first-order chi connectivity index (χ1) is 26.2. The number of amides is 4. The molecule has 16 heteroatoms. The van der Waals surface area contributed by atoms with Crippen LogP contribution >= 0.6 is 0 Å². The predicted octanol–water partition coefficient (Wildman–Crippen LogP) is 3.40. The van der Waals surface area contributed by atoms with Gasteiger partial charge in [-0.15, -0.1) is 0 Å². The number of piperidine rings is 1. The largest absolute Gasteiger partial charge is 0.494 e. The molecule has 1 unspecified atom stereocenters. The monoisotopic (exact) mass is 764 g/mol. The number of hydrogen-bond donors (Lipinski definition) is 4. The zero-order valence-corrected chi connectivity index (χ0v) is 30.3. The number of halogens is 3. The fourth-order valence-corrected chi connectivity index (χ4v) is 6.11. The normalized spacial score (nSPS) is 17.7. The molecule has 0 radical (unpaired) electrons. The van der Waals surface area contributed by atoms with E-state index in [9.17, 15) is 37.5 Å². The highest BCUT2D eigenvalue weighted by Gasteiger charge is 2.36. The summed E-state index contributed by atoms with van der Waals surface area (Å²) in [6.07, 6.45) is -3.40. The molecule has 3 aromatic rings. The molecule has 2 heterocycles. The number of ether oxygens (including phenoxy) is 2. The predicted molar refractivity (Wildman–Crippen MR) is 194 cm³/mol. The Morgan fingerprint density at radius 3 is 2.38 bits per heavy atom. The van der Waals surface area contributed by atoms with Crippen molar-refractivity contribution in [3.05, 3.63) is 89.0 Å². The first-order valence-electron chi connectivity index (χ1n) is 17.8. The summed E-state index contributed by atoms with van der Waals surface area (Å²) in [7, 11) is 0. The van der Waals surface area contributed by atoms with Crippen LogP contribution in [-0.2, 0) is 38.3 Å². The third-order valence-electron chi connectivity index (χ3n) is 9.23. The second kappa shape index (κ2) is 18.2. The summed E-state index contributed by atoms with van der Waals surface area (Å²) >= 11 is 0. The van der Waals surface area contributed by atoms with Gasteiger partial charge in [0.15, 0.2) is 5.60 Å². The molecule has 4 amide bonds. The molecule has 5 rings (SSSR count). The number of alkyl halides is 3. The van der Waals surface area contributed by atoms with E-state index in [1.807, 2.05) is 36.4 Å². The Bertz CT molecular complexity index is 1890. The smallest absolute Gasteiger partial charge is 0.417 e. The number of anilines is 1. The second-order valence-corrected chi connectivity index (χ2v) is 13.7. The number of hydrogen-bond acceptors (Lipinski definition) is 10. The lowest BCUT2D eigenvalue weighted by Crippen LogP contribution is -2.52. The Balaban J connectivity index is 0.973. The number of nitrogens with zero attached hydrogens (tertiary/aromatic N) is 3. The van der Waals surface area contributed by atoms with E-state index >= 15 is 0 Å². The first-order valence-corrected chi connectivity index (χ1v) is 17.8. The lowest BCUT2D eigenvalue weighted by molar-refractivity contribution is -0.138. The molecule has 2 fully saturated rings. The number of aliphatic hydroxyl groups is 1. The van der Waals surface area contributed by atoms with E-state index in [0.717, 1.165) is 68.9 Å². The average molecular weight is 765 g/mol. The Labute approximate surface area is 316 Å². The van der Waals surface area contributed by atoms with Crippen LogP contribution < -0.4 is 25.4 Å². The fraction of sp³-hybridized carbons (Fsp3) is 0.410. The number of benzene rings is 3. The van der Waals surface area contributed by atoms with Gasteiger partial charge in [-0.3, -0.25) is 29.4 Å². The van der Waals surface area contributed by atoms with Crippen LogP contribution in [0.5, 0.6) is 11.5 Å². The van der Waals surface area contributed by atoms with Gasteiger partial charge in [0.05, 0.1) is 30.2 Å². The summed E-state index contributed by atoms with van der Waals surface area (Å²) in [4.78, 5) is 53.1. The Morgan fingerprint density at radius 2 is 1.69 bits per heavy atom. The summed E-state index contributed by atoms with van der Waals surface area (Å²) < 4.78 is 51.4. The van der Waals surface area contributed by atoms with Crippen molar-refractivity contribution in [1.82, 2.24) is 20.4 Å². The van der Waals surface area contributed by atoms with Crippen LogP contribution in [-0.4, -0.2) is 96.1 Å². The van der Waals surface area contributed by atoms with E-state index in [0.29, 0.717) is 24.2 Å². The van der Waals surface area contributed by atoms with Crippen molar-refractivity contribution >= 4 is 29.3 Å². The van der Waals surface area contributed by atoms with Crippen molar-refractivity contribution in [3.8, 4) is 17.6 Å². The molecule has 0 saturated carbocycles. The lowest BCUT2D eigenvalue weighted by atomic mass is 10.1. The highest BCUT2D eigenvalue weighted by Crippen LogP contribution is 2.33. The lowest BCUT2D eigenvalue weighted by Gasteiger charge is -2.34. The first kappa shape index (κ1) is 40.7. The third-order valence-corrected chi connectivity index (χ3v) is 9.23. The Hall–Kier alpha value is -5.50. The summed E-state index contributed by atoms with van der Waals surface area (Å²) in [5.41, 5.74) is -2.25. The minimum Gasteiger partial charge on any atom is -0.494 e. The van der Waals surface area contributed by atoms with Crippen LogP contribution in [0.3, 0.4) is 0 Å². The highest BCUT2D eigenvalue weighted by molar-refractivity contribution is 6.01. The SMILES string of the molecule is CC(O)(COc1ccc(CN2CCN(CCCOc3cccc(CC(=O)N[C@H]4CCC(=O)NC4=O)c3)CC2)cc1)C(=O)Nc1ccc(C#N)c(C(F)(F)F)c1. The summed E-state index contributed by atoms with van der Waals surface area (Å²) in [6.45, 7) is 6.41. The molecule has 0 aromatic heterocycles. The molecule has 55 heavy (non-hydrogen) atoms. The maximum absolute atomic E-state index is 13.3. The molecule has 292 valence electrons. The molecule has 0 aliphatic carbocycles. The minimum absolute atomic E-state index is 0.0886. The van der Waals surface area contributed by atoms with Crippen LogP contribution in [0.2, 0.25) is 0 Å². The number of nitriles is 1. The van der Waals surface area contributed by atoms with Crippen molar-refractivity contribution in [2.45, 2.75) is 57.0 Å². The Kier molecular flexibility index (Phi) is 13.5. The molecular formula is C39H43F3N6O7. The number of piperazine rings is 1. The van der Waals surface area contributed by atoms with Gasteiger partial charge in [0, 0.05) is 51.4 Å². The highest BCUT2D eigenvalue weighted by atomic mass is 19.4. The zero-order valence-electron chi connectivity index (χ0n) is 30.3. The number of carbonyl (C=O) groups excluding carboxylic acids is 4. The van der Waals surface area contributed by atoms with Gasteiger partial charge in [-0.05, 0) is 73.4 Å². The molecule has 0 spiro atoms. The minimum atomic E-state index is -4.79. The molecule has 2 aliphatic heterocycles. The van der Waals surface area contributed by atoms with E-state index in [1.165, 1.54) is 13.0 Å². The number of carbonyl (C=O) groups is 4. The second-order valence-electron chi connectivity index (χ2n) is 13.7. The van der Waals surface area contributed by atoms with E-state index in [4.69, 9.17) is 14.7 Å². The fourth-order valence-electron chi connectivity index (χ4n) is 6.11. The number of nitrogens with one attached hydrogen (secondary N) is 3.